The second kappa shape index (κ2) is 13.6. The molecule has 10 heteroatoms. The van der Waals surface area contributed by atoms with Crippen molar-refractivity contribution in [3.8, 4) is 16.3 Å². The molecule has 0 radical (unpaired) electrons. The van der Waals surface area contributed by atoms with Crippen LogP contribution in [0.1, 0.15) is 53.0 Å². The number of carboxylic acid groups (broad SMARTS) is 1. The number of nitrogens with two attached hydrogens (primary N) is 1. The maximum Gasteiger partial charge on any atom is 0.355 e. The van der Waals surface area contributed by atoms with E-state index in [0.29, 0.717) is 35.0 Å². The van der Waals surface area contributed by atoms with Crippen molar-refractivity contribution in [1.29, 1.82) is 0 Å². The second-order valence-corrected chi connectivity index (χ2v) is 9.55. The number of nitrogen functional groups attached to an aromatic ring is 1. The van der Waals surface area contributed by atoms with Crippen LogP contribution < -0.4 is 15.8 Å². The highest BCUT2D eigenvalue weighted by atomic mass is 32.1. The van der Waals surface area contributed by atoms with Crippen molar-refractivity contribution in [3.63, 3.8) is 0 Å². The standard InChI is InChI=1S/C26H33N5O4S/c1-31(2)13-6-7-22(32)18-8-9-20(27)23(15-18)35-14-5-3-4-11-28-24-16-19(10-12-29-24)25-30-21(17-36-25)26(33)34/h8-10,12,15-17H,3-7,11,13-14,27H2,1-2H3,(H,28,29)(H,33,34). The molecule has 2 aromatic heterocycles. The number of hydrogen-bond donors (Lipinski definition) is 3. The molecule has 3 rings (SSSR count). The highest BCUT2D eigenvalue weighted by Gasteiger charge is 2.11. The molecule has 0 amide bonds. The van der Waals surface area contributed by atoms with Crippen LogP contribution in [0.3, 0.4) is 0 Å². The first-order chi connectivity index (χ1) is 17.3. The lowest BCUT2D eigenvalue weighted by Crippen LogP contribution is -2.14. The van der Waals surface area contributed by atoms with Crippen LogP contribution in [0.4, 0.5) is 11.5 Å². The van der Waals surface area contributed by atoms with Gasteiger partial charge in [0, 0.05) is 35.7 Å². The number of ketones is 1. The Bertz CT molecular complexity index is 1160. The summed E-state index contributed by atoms with van der Waals surface area (Å²) in [6.07, 6.45) is 5.72. The van der Waals surface area contributed by atoms with Crippen molar-refractivity contribution in [2.75, 3.05) is 44.8 Å². The van der Waals surface area contributed by atoms with Crippen LogP contribution in [0.2, 0.25) is 0 Å². The molecule has 0 aliphatic rings. The lowest BCUT2D eigenvalue weighted by molar-refractivity contribution is 0.0691. The van der Waals surface area contributed by atoms with Crippen LogP contribution in [0.15, 0.2) is 41.9 Å². The van der Waals surface area contributed by atoms with Gasteiger partial charge in [0.1, 0.15) is 16.6 Å². The van der Waals surface area contributed by atoms with Crippen molar-refractivity contribution in [2.24, 2.45) is 0 Å². The number of rotatable bonds is 15. The van der Waals surface area contributed by atoms with E-state index in [-0.39, 0.29) is 11.5 Å². The lowest BCUT2D eigenvalue weighted by atomic mass is 10.1. The SMILES string of the molecule is CN(C)CCCC(=O)c1ccc(N)c(OCCCCCNc2cc(-c3nc(C(=O)O)cs3)ccn2)c1. The normalized spacial score (nSPS) is 11.0. The molecule has 0 atom stereocenters. The number of nitrogens with zero attached hydrogens (tertiary/aromatic N) is 3. The molecule has 1 aromatic carbocycles. The van der Waals surface area contributed by atoms with Gasteiger partial charge in [-0.2, -0.15) is 0 Å². The van der Waals surface area contributed by atoms with Crippen molar-refractivity contribution >= 4 is 34.6 Å². The fraction of sp³-hybridized carbons (Fsp3) is 0.385. The first-order valence-corrected chi connectivity index (χ1v) is 12.8. The number of Topliss-reactive ketones (excluding diaryl/α,β-unsaturated/α-hetero) is 1. The molecule has 192 valence electrons. The van der Waals surface area contributed by atoms with Crippen LogP contribution in [0.25, 0.3) is 10.6 Å². The van der Waals surface area contributed by atoms with Crippen molar-refractivity contribution in [2.45, 2.75) is 32.1 Å². The molecule has 0 spiro atoms. The number of thiazole rings is 1. The highest BCUT2D eigenvalue weighted by Crippen LogP contribution is 2.26. The predicted octanol–water partition coefficient (Wildman–Crippen LogP) is 4.67. The minimum Gasteiger partial charge on any atom is -0.491 e. The minimum absolute atomic E-state index is 0.0450. The van der Waals surface area contributed by atoms with Gasteiger partial charge in [0.25, 0.3) is 0 Å². The number of ether oxygens (including phenoxy) is 1. The zero-order chi connectivity index (χ0) is 25.9. The first kappa shape index (κ1) is 27.1. The van der Waals surface area contributed by atoms with Crippen LogP contribution in [-0.4, -0.2) is 65.5 Å². The van der Waals surface area contributed by atoms with E-state index in [0.717, 1.165) is 50.2 Å². The Morgan fingerprint density at radius 2 is 1.97 bits per heavy atom. The van der Waals surface area contributed by atoms with Gasteiger partial charge in [0.15, 0.2) is 11.5 Å². The number of carboxylic acids is 1. The van der Waals surface area contributed by atoms with Gasteiger partial charge in [-0.3, -0.25) is 4.79 Å². The average molecular weight is 512 g/mol. The number of anilines is 2. The molecule has 0 bridgehead atoms. The third-order valence-electron chi connectivity index (χ3n) is 5.46. The number of aromatic carboxylic acids is 1. The molecule has 36 heavy (non-hydrogen) atoms. The third kappa shape index (κ3) is 8.31. The molecule has 9 nitrogen and oxygen atoms in total. The summed E-state index contributed by atoms with van der Waals surface area (Å²) in [4.78, 5) is 34.0. The van der Waals surface area contributed by atoms with E-state index in [1.54, 1.807) is 24.4 Å². The van der Waals surface area contributed by atoms with Gasteiger partial charge in [0.2, 0.25) is 0 Å². The quantitative estimate of drug-likeness (QED) is 0.151. The van der Waals surface area contributed by atoms with Gasteiger partial charge in [-0.15, -0.1) is 11.3 Å². The van der Waals surface area contributed by atoms with E-state index in [2.05, 4.69) is 20.2 Å². The largest absolute Gasteiger partial charge is 0.491 e. The summed E-state index contributed by atoms with van der Waals surface area (Å²) in [5.41, 5.74) is 8.07. The Hall–Kier alpha value is -3.50. The molecule has 3 aromatic rings. The van der Waals surface area contributed by atoms with E-state index < -0.39 is 5.97 Å². The number of hydrogen-bond acceptors (Lipinski definition) is 9. The van der Waals surface area contributed by atoms with E-state index in [9.17, 15) is 9.59 Å². The fourth-order valence-electron chi connectivity index (χ4n) is 3.50. The molecule has 0 aliphatic carbocycles. The number of carbonyl (C=O) groups excluding carboxylic acids is 1. The highest BCUT2D eigenvalue weighted by molar-refractivity contribution is 7.13. The zero-order valence-electron chi connectivity index (χ0n) is 20.7. The number of pyridine rings is 1. The molecule has 0 saturated carbocycles. The molecule has 0 unspecified atom stereocenters. The van der Waals surface area contributed by atoms with E-state index in [1.165, 1.54) is 16.7 Å². The number of unbranched alkanes of at least 4 members (excludes halogenated alkanes) is 2. The predicted molar refractivity (Wildman–Crippen MR) is 143 cm³/mol. The van der Waals surface area contributed by atoms with Crippen molar-refractivity contribution in [1.82, 2.24) is 14.9 Å². The van der Waals surface area contributed by atoms with Gasteiger partial charge in [-0.1, -0.05) is 0 Å². The smallest absolute Gasteiger partial charge is 0.355 e. The van der Waals surface area contributed by atoms with Gasteiger partial charge >= 0.3 is 5.97 Å². The topological polar surface area (TPSA) is 131 Å². The summed E-state index contributed by atoms with van der Waals surface area (Å²) in [6.45, 7) is 2.14. The third-order valence-corrected chi connectivity index (χ3v) is 6.35. The van der Waals surface area contributed by atoms with Crippen LogP contribution in [0.5, 0.6) is 5.75 Å². The second-order valence-electron chi connectivity index (χ2n) is 8.69. The molecule has 0 fully saturated rings. The number of carbonyl (C=O) groups is 2. The molecular weight excluding hydrogens is 478 g/mol. The number of nitrogens with one attached hydrogen (secondary N) is 1. The van der Waals surface area contributed by atoms with Crippen molar-refractivity contribution in [3.05, 3.63) is 53.2 Å². The van der Waals surface area contributed by atoms with Gasteiger partial charge in [0.05, 0.1) is 12.3 Å². The van der Waals surface area contributed by atoms with E-state index in [4.69, 9.17) is 15.6 Å². The first-order valence-electron chi connectivity index (χ1n) is 11.9. The molecule has 0 saturated heterocycles. The average Bonchev–Trinajstić information content (AvgIpc) is 3.35. The maximum atomic E-state index is 12.4. The molecule has 2 heterocycles. The van der Waals surface area contributed by atoms with Crippen molar-refractivity contribution < 1.29 is 19.4 Å². The summed E-state index contributed by atoms with van der Waals surface area (Å²) in [5.74, 6) is 0.340. The van der Waals surface area contributed by atoms with Gasteiger partial charge in [-0.25, -0.2) is 14.8 Å². The Kier molecular flexibility index (Phi) is 10.2. The fourth-order valence-corrected chi connectivity index (χ4v) is 4.29. The van der Waals surface area contributed by atoms with Crippen LogP contribution >= 0.6 is 11.3 Å². The van der Waals surface area contributed by atoms with E-state index in [1.807, 2.05) is 26.2 Å². The molecule has 4 N–H and O–H groups in total. The van der Waals surface area contributed by atoms with Gasteiger partial charge in [-0.05, 0) is 76.7 Å². The minimum atomic E-state index is -1.03. The Labute approximate surface area is 215 Å². The van der Waals surface area contributed by atoms with Crippen LogP contribution in [-0.2, 0) is 0 Å². The maximum absolute atomic E-state index is 12.4. The number of aromatic nitrogens is 2. The summed E-state index contributed by atoms with van der Waals surface area (Å²) in [5, 5.41) is 14.5. The number of benzene rings is 1. The van der Waals surface area contributed by atoms with Crippen LogP contribution in [0, 0.1) is 0 Å². The van der Waals surface area contributed by atoms with E-state index >= 15 is 0 Å². The van der Waals surface area contributed by atoms with Gasteiger partial charge < -0.3 is 25.8 Å². The molecule has 0 aliphatic heterocycles. The Balaban J connectivity index is 1.38. The zero-order valence-corrected chi connectivity index (χ0v) is 21.5. The molecular formula is C26H33N5O4S. The lowest BCUT2D eigenvalue weighted by Gasteiger charge is -2.12. The summed E-state index contributed by atoms with van der Waals surface area (Å²) in [7, 11) is 3.99. The Morgan fingerprint density at radius 1 is 1.14 bits per heavy atom. The summed E-state index contributed by atoms with van der Waals surface area (Å²) >= 11 is 1.29. The monoisotopic (exact) mass is 511 g/mol. The summed E-state index contributed by atoms with van der Waals surface area (Å²) < 4.78 is 5.85. The summed E-state index contributed by atoms with van der Waals surface area (Å²) in [6, 6.07) is 8.91. The Morgan fingerprint density at radius 3 is 2.72 bits per heavy atom.